The Labute approximate surface area is 254 Å². The Morgan fingerprint density at radius 1 is 0.837 bits per heavy atom. The lowest BCUT2D eigenvalue weighted by Gasteiger charge is -2.38. The molecule has 43 heavy (non-hydrogen) atoms. The zero-order chi connectivity index (χ0) is 30.0. The standard InChI is InChI=1S/C36H41NO6/c1-41-35(39)29-18-12-17-28(25-29)32(23-22-26-13-4-2-5-14-26)43-36(40)31-21-10-11-24-37(31)34(38)33(27-15-8-9-16-27)42-30-19-6-3-7-20-30/h2-7,12-14,17-20,25,27,31-33H,8-11,15-16,21-24H2,1H3/t31-,32+,33+/m0/s1. The molecule has 7 heteroatoms. The third kappa shape index (κ3) is 7.83. The van der Waals surface area contributed by atoms with Crippen LogP contribution in [0.3, 0.4) is 0 Å². The summed E-state index contributed by atoms with van der Waals surface area (Å²) in [6, 6.07) is 25.8. The summed E-state index contributed by atoms with van der Waals surface area (Å²) in [5.74, 6) is -0.220. The largest absolute Gasteiger partial charge is 0.480 e. The number of rotatable bonds is 11. The van der Waals surface area contributed by atoms with Crippen LogP contribution in [0.5, 0.6) is 5.75 Å². The van der Waals surface area contributed by atoms with Crippen molar-refractivity contribution < 1.29 is 28.6 Å². The summed E-state index contributed by atoms with van der Waals surface area (Å²) < 4.78 is 17.5. The molecule has 226 valence electrons. The Morgan fingerprint density at radius 3 is 2.26 bits per heavy atom. The summed E-state index contributed by atoms with van der Waals surface area (Å²) in [4.78, 5) is 42.1. The molecule has 2 fully saturated rings. The average molecular weight is 584 g/mol. The molecule has 0 spiro atoms. The van der Waals surface area contributed by atoms with E-state index < -0.39 is 30.2 Å². The van der Waals surface area contributed by atoms with Gasteiger partial charge in [0, 0.05) is 12.5 Å². The van der Waals surface area contributed by atoms with E-state index in [9.17, 15) is 14.4 Å². The first-order valence-electron chi connectivity index (χ1n) is 15.5. The van der Waals surface area contributed by atoms with E-state index in [-0.39, 0.29) is 11.8 Å². The van der Waals surface area contributed by atoms with Crippen molar-refractivity contribution in [1.29, 1.82) is 0 Å². The van der Waals surface area contributed by atoms with Crippen molar-refractivity contribution in [3.8, 4) is 5.75 Å². The minimum absolute atomic E-state index is 0.117. The van der Waals surface area contributed by atoms with Gasteiger partial charge in [0.1, 0.15) is 17.9 Å². The second-order valence-corrected chi connectivity index (χ2v) is 11.5. The molecule has 0 aromatic heterocycles. The Kier molecular flexibility index (Phi) is 10.5. The van der Waals surface area contributed by atoms with Gasteiger partial charge in [-0.3, -0.25) is 4.79 Å². The SMILES string of the molecule is COC(=O)c1cccc([C@@H](CCc2ccccc2)OC(=O)[C@@H]2CCCCN2C(=O)[C@H](Oc2ccccc2)C2CCCC2)c1. The summed E-state index contributed by atoms with van der Waals surface area (Å²) in [5, 5.41) is 0. The van der Waals surface area contributed by atoms with Crippen LogP contribution in [0.15, 0.2) is 84.9 Å². The number of carbonyl (C=O) groups is 3. The van der Waals surface area contributed by atoms with Gasteiger partial charge in [-0.1, -0.05) is 73.5 Å². The molecule has 0 unspecified atom stereocenters. The zero-order valence-corrected chi connectivity index (χ0v) is 24.9. The predicted octanol–water partition coefficient (Wildman–Crippen LogP) is 6.71. The molecule has 2 aliphatic rings. The van der Waals surface area contributed by atoms with E-state index >= 15 is 0 Å². The van der Waals surface area contributed by atoms with Gasteiger partial charge in [-0.05, 0) is 80.3 Å². The highest BCUT2D eigenvalue weighted by Crippen LogP contribution is 2.33. The number of aryl methyl sites for hydroxylation is 1. The van der Waals surface area contributed by atoms with Crippen LogP contribution in [0.2, 0.25) is 0 Å². The van der Waals surface area contributed by atoms with Crippen molar-refractivity contribution in [3.63, 3.8) is 0 Å². The number of nitrogens with zero attached hydrogens (tertiary/aromatic N) is 1. The summed E-state index contributed by atoms with van der Waals surface area (Å²) in [6.45, 7) is 0.493. The van der Waals surface area contributed by atoms with Gasteiger partial charge < -0.3 is 19.1 Å². The lowest BCUT2D eigenvalue weighted by atomic mass is 9.95. The van der Waals surface area contributed by atoms with Crippen molar-refractivity contribution in [1.82, 2.24) is 4.90 Å². The molecule has 7 nitrogen and oxygen atoms in total. The van der Waals surface area contributed by atoms with E-state index in [4.69, 9.17) is 14.2 Å². The molecule has 3 aromatic rings. The highest BCUT2D eigenvalue weighted by molar-refractivity contribution is 5.90. The van der Waals surface area contributed by atoms with Crippen LogP contribution < -0.4 is 4.74 Å². The number of likely N-dealkylation sites (tertiary alicyclic amines) is 1. The van der Waals surface area contributed by atoms with Crippen LogP contribution in [0.4, 0.5) is 0 Å². The number of ether oxygens (including phenoxy) is 3. The molecule has 1 aliphatic carbocycles. The van der Waals surface area contributed by atoms with Gasteiger partial charge in [0.05, 0.1) is 12.7 Å². The number of carbonyl (C=O) groups excluding carboxylic acids is 3. The summed E-state index contributed by atoms with van der Waals surface area (Å²) >= 11 is 0. The number of piperidine rings is 1. The second kappa shape index (κ2) is 14.9. The Balaban J connectivity index is 1.37. The molecule has 0 N–H and O–H groups in total. The van der Waals surface area contributed by atoms with Gasteiger partial charge in [-0.25, -0.2) is 9.59 Å². The average Bonchev–Trinajstić information content (AvgIpc) is 3.60. The fraction of sp³-hybridized carbons (Fsp3) is 0.417. The van der Waals surface area contributed by atoms with Crippen LogP contribution in [0.1, 0.15) is 79.0 Å². The molecule has 3 aromatic carbocycles. The fourth-order valence-electron chi connectivity index (χ4n) is 6.30. The normalized spacial score (nSPS) is 18.4. The molecule has 0 radical (unpaired) electrons. The van der Waals surface area contributed by atoms with Crippen LogP contribution in [0, 0.1) is 5.92 Å². The Bertz CT molecular complexity index is 1350. The molecule has 3 atom stereocenters. The Hall–Kier alpha value is -4.13. The van der Waals surface area contributed by atoms with Gasteiger partial charge in [-0.15, -0.1) is 0 Å². The zero-order valence-electron chi connectivity index (χ0n) is 24.9. The maximum Gasteiger partial charge on any atom is 0.337 e. The van der Waals surface area contributed by atoms with Crippen molar-refractivity contribution >= 4 is 17.8 Å². The lowest BCUT2D eigenvalue weighted by molar-refractivity contribution is -0.165. The van der Waals surface area contributed by atoms with Crippen LogP contribution in [-0.2, 0) is 25.5 Å². The molecule has 1 amide bonds. The molecular formula is C36H41NO6. The summed E-state index contributed by atoms with van der Waals surface area (Å²) in [6.07, 6.45) is 6.21. The first kappa shape index (κ1) is 30.3. The highest BCUT2D eigenvalue weighted by Gasteiger charge is 2.41. The highest BCUT2D eigenvalue weighted by atomic mass is 16.5. The smallest absolute Gasteiger partial charge is 0.337 e. The van der Waals surface area contributed by atoms with Crippen LogP contribution in [-0.4, -0.2) is 48.5 Å². The predicted molar refractivity (Wildman–Crippen MR) is 164 cm³/mol. The maximum atomic E-state index is 14.2. The maximum absolute atomic E-state index is 14.2. The van der Waals surface area contributed by atoms with Crippen molar-refractivity contribution in [2.45, 2.75) is 76.0 Å². The van der Waals surface area contributed by atoms with Gasteiger partial charge in [-0.2, -0.15) is 0 Å². The first-order valence-corrected chi connectivity index (χ1v) is 15.5. The quantitative estimate of drug-likeness (QED) is 0.234. The van der Waals surface area contributed by atoms with E-state index in [1.807, 2.05) is 66.7 Å². The topological polar surface area (TPSA) is 82.1 Å². The van der Waals surface area contributed by atoms with E-state index in [0.717, 1.165) is 49.7 Å². The third-order valence-electron chi connectivity index (χ3n) is 8.61. The van der Waals surface area contributed by atoms with Crippen molar-refractivity contribution in [2.24, 2.45) is 5.92 Å². The lowest BCUT2D eigenvalue weighted by Crippen LogP contribution is -2.54. The fourth-order valence-corrected chi connectivity index (χ4v) is 6.30. The molecule has 1 heterocycles. The van der Waals surface area contributed by atoms with Crippen LogP contribution in [0.25, 0.3) is 0 Å². The monoisotopic (exact) mass is 583 g/mol. The van der Waals surface area contributed by atoms with Gasteiger partial charge in [0.15, 0.2) is 6.10 Å². The Morgan fingerprint density at radius 2 is 1.53 bits per heavy atom. The summed E-state index contributed by atoms with van der Waals surface area (Å²) in [5.41, 5.74) is 2.24. The molecule has 1 aliphatic heterocycles. The number of esters is 2. The minimum Gasteiger partial charge on any atom is -0.480 e. The number of amides is 1. The third-order valence-corrected chi connectivity index (χ3v) is 8.61. The molecule has 0 bridgehead atoms. The van der Waals surface area contributed by atoms with E-state index in [0.29, 0.717) is 37.1 Å². The van der Waals surface area contributed by atoms with E-state index in [1.165, 1.54) is 7.11 Å². The molecule has 5 rings (SSSR count). The first-order chi connectivity index (χ1) is 21.0. The molecular weight excluding hydrogens is 542 g/mol. The van der Waals surface area contributed by atoms with E-state index in [2.05, 4.69) is 0 Å². The minimum atomic E-state index is -0.687. The van der Waals surface area contributed by atoms with E-state index in [1.54, 1.807) is 23.1 Å². The number of para-hydroxylation sites is 1. The second-order valence-electron chi connectivity index (χ2n) is 11.5. The number of hydrogen-bond donors (Lipinski definition) is 0. The van der Waals surface area contributed by atoms with Crippen molar-refractivity contribution in [3.05, 3.63) is 102 Å². The van der Waals surface area contributed by atoms with Crippen molar-refractivity contribution in [2.75, 3.05) is 13.7 Å². The molecule has 1 saturated heterocycles. The number of benzene rings is 3. The number of methoxy groups -OCH3 is 1. The molecule has 1 saturated carbocycles. The van der Waals surface area contributed by atoms with Crippen LogP contribution >= 0.6 is 0 Å². The van der Waals surface area contributed by atoms with Gasteiger partial charge in [0.25, 0.3) is 5.91 Å². The summed E-state index contributed by atoms with van der Waals surface area (Å²) in [7, 11) is 1.34. The van der Waals surface area contributed by atoms with Gasteiger partial charge in [0.2, 0.25) is 0 Å². The number of hydrogen-bond acceptors (Lipinski definition) is 6. The van der Waals surface area contributed by atoms with Gasteiger partial charge >= 0.3 is 11.9 Å².